The van der Waals surface area contributed by atoms with Crippen molar-refractivity contribution in [3.63, 3.8) is 0 Å². The van der Waals surface area contributed by atoms with Gasteiger partial charge < -0.3 is 4.74 Å². The summed E-state index contributed by atoms with van der Waals surface area (Å²) in [5.41, 5.74) is -0.889. The molecule has 7 heteroatoms. The molecule has 0 fully saturated rings. The third-order valence-corrected chi connectivity index (χ3v) is 2.36. The van der Waals surface area contributed by atoms with Crippen LogP contribution in [0.15, 0.2) is 36.5 Å². The number of ether oxygens (including phenoxy) is 1. The molecule has 0 spiro atoms. The number of hydrogen-bond acceptors (Lipinski definition) is 2. The summed E-state index contributed by atoms with van der Waals surface area (Å²) in [5, 5.41) is 0.0638. The SMILES string of the molecule is Fc1cc(Cl)cnc1Oc1cccc(C(F)(F)F)c1. The molecule has 2 rings (SSSR count). The van der Waals surface area contributed by atoms with Crippen LogP contribution in [0.2, 0.25) is 5.02 Å². The van der Waals surface area contributed by atoms with Crippen LogP contribution < -0.4 is 4.74 Å². The Morgan fingerprint density at radius 3 is 2.53 bits per heavy atom. The zero-order chi connectivity index (χ0) is 14.0. The number of nitrogens with zero attached hydrogens (tertiary/aromatic N) is 1. The van der Waals surface area contributed by atoms with Crippen LogP contribution in [0.25, 0.3) is 0 Å². The molecule has 1 aromatic carbocycles. The zero-order valence-corrected chi connectivity index (χ0v) is 9.97. The Kier molecular flexibility index (Phi) is 3.61. The van der Waals surface area contributed by atoms with Gasteiger partial charge in [-0.05, 0) is 24.3 Å². The van der Waals surface area contributed by atoms with Crippen LogP contribution in [-0.4, -0.2) is 4.98 Å². The van der Waals surface area contributed by atoms with Crippen molar-refractivity contribution in [1.82, 2.24) is 4.98 Å². The summed E-state index contributed by atoms with van der Waals surface area (Å²) >= 11 is 5.50. The van der Waals surface area contributed by atoms with Crippen LogP contribution in [0.1, 0.15) is 5.56 Å². The number of aromatic nitrogens is 1. The van der Waals surface area contributed by atoms with E-state index in [1.165, 1.54) is 6.07 Å². The maximum absolute atomic E-state index is 13.4. The van der Waals surface area contributed by atoms with Crippen LogP contribution >= 0.6 is 11.6 Å². The minimum atomic E-state index is -4.49. The highest BCUT2D eigenvalue weighted by Gasteiger charge is 2.30. The zero-order valence-electron chi connectivity index (χ0n) is 9.21. The Bertz CT molecular complexity index is 601. The molecule has 0 atom stereocenters. The number of hydrogen-bond donors (Lipinski definition) is 0. The van der Waals surface area contributed by atoms with Gasteiger partial charge in [-0.3, -0.25) is 0 Å². The van der Waals surface area contributed by atoms with E-state index >= 15 is 0 Å². The summed E-state index contributed by atoms with van der Waals surface area (Å²) in [6, 6.07) is 5.03. The number of pyridine rings is 1. The lowest BCUT2D eigenvalue weighted by Crippen LogP contribution is -2.04. The highest BCUT2D eigenvalue weighted by atomic mass is 35.5. The van der Waals surface area contributed by atoms with Crippen LogP contribution in [0.5, 0.6) is 11.6 Å². The molecule has 100 valence electrons. The van der Waals surface area contributed by atoms with Crippen molar-refractivity contribution in [3.8, 4) is 11.6 Å². The van der Waals surface area contributed by atoms with E-state index < -0.39 is 23.4 Å². The Balaban J connectivity index is 2.29. The monoisotopic (exact) mass is 291 g/mol. The number of alkyl halides is 3. The van der Waals surface area contributed by atoms with Gasteiger partial charge in [0.25, 0.3) is 5.88 Å². The lowest BCUT2D eigenvalue weighted by atomic mass is 10.2. The summed E-state index contributed by atoms with van der Waals surface area (Å²) in [6.45, 7) is 0. The molecule has 0 unspecified atom stereocenters. The fourth-order valence-electron chi connectivity index (χ4n) is 1.32. The maximum Gasteiger partial charge on any atom is 0.416 e. The van der Waals surface area contributed by atoms with Gasteiger partial charge in [0.1, 0.15) is 5.75 Å². The fourth-order valence-corrected chi connectivity index (χ4v) is 1.47. The summed E-state index contributed by atoms with van der Waals surface area (Å²) < 4.78 is 55.8. The van der Waals surface area contributed by atoms with Crippen LogP contribution in [0, 0.1) is 5.82 Å². The molecule has 2 aromatic rings. The first-order chi connectivity index (χ1) is 8.86. The lowest BCUT2D eigenvalue weighted by molar-refractivity contribution is -0.137. The standard InChI is InChI=1S/C12H6ClF4NO/c13-8-5-10(14)11(18-6-8)19-9-3-1-2-7(4-9)12(15,16)17/h1-6H. The fraction of sp³-hybridized carbons (Fsp3) is 0.0833. The average Bonchev–Trinajstić information content (AvgIpc) is 2.32. The van der Waals surface area contributed by atoms with Gasteiger partial charge in [0.2, 0.25) is 0 Å². The van der Waals surface area contributed by atoms with Gasteiger partial charge in [0.05, 0.1) is 10.6 Å². The summed E-state index contributed by atoms with van der Waals surface area (Å²) in [6.07, 6.45) is -3.36. The Morgan fingerprint density at radius 1 is 1.16 bits per heavy atom. The highest BCUT2D eigenvalue weighted by molar-refractivity contribution is 6.30. The van der Waals surface area contributed by atoms with Crippen molar-refractivity contribution >= 4 is 11.6 Å². The molecule has 0 aliphatic heterocycles. The molecule has 0 amide bonds. The first-order valence-corrected chi connectivity index (χ1v) is 5.40. The molecule has 0 aliphatic rings. The summed E-state index contributed by atoms with van der Waals surface area (Å²) in [5.74, 6) is -1.46. The Labute approximate surface area is 110 Å². The summed E-state index contributed by atoms with van der Waals surface area (Å²) in [7, 11) is 0. The highest BCUT2D eigenvalue weighted by Crippen LogP contribution is 2.32. The Hall–Kier alpha value is -1.82. The third-order valence-electron chi connectivity index (χ3n) is 2.15. The lowest BCUT2D eigenvalue weighted by Gasteiger charge is -2.09. The van der Waals surface area contributed by atoms with Crippen molar-refractivity contribution in [3.05, 3.63) is 52.9 Å². The molecule has 0 saturated heterocycles. The van der Waals surface area contributed by atoms with E-state index in [1.807, 2.05) is 0 Å². The van der Waals surface area contributed by atoms with Crippen molar-refractivity contribution in [2.45, 2.75) is 6.18 Å². The van der Waals surface area contributed by atoms with E-state index in [-0.39, 0.29) is 10.8 Å². The molecule has 19 heavy (non-hydrogen) atoms. The molecular formula is C12H6ClF4NO. The Morgan fingerprint density at radius 2 is 1.89 bits per heavy atom. The topological polar surface area (TPSA) is 22.1 Å². The third kappa shape index (κ3) is 3.35. The van der Waals surface area contributed by atoms with Crippen molar-refractivity contribution in [2.75, 3.05) is 0 Å². The van der Waals surface area contributed by atoms with Gasteiger partial charge in [-0.2, -0.15) is 13.2 Å². The van der Waals surface area contributed by atoms with E-state index in [1.54, 1.807) is 0 Å². The van der Waals surface area contributed by atoms with Crippen molar-refractivity contribution in [1.29, 1.82) is 0 Å². The van der Waals surface area contributed by atoms with Gasteiger partial charge >= 0.3 is 6.18 Å². The van der Waals surface area contributed by atoms with Crippen LogP contribution in [0.3, 0.4) is 0 Å². The number of halogens is 5. The number of benzene rings is 1. The second kappa shape index (κ2) is 5.05. The van der Waals surface area contributed by atoms with Gasteiger partial charge in [-0.15, -0.1) is 0 Å². The van der Waals surface area contributed by atoms with E-state index in [0.717, 1.165) is 30.5 Å². The summed E-state index contributed by atoms with van der Waals surface area (Å²) in [4.78, 5) is 3.55. The van der Waals surface area contributed by atoms with Gasteiger partial charge in [-0.1, -0.05) is 17.7 Å². The van der Waals surface area contributed by atoms with Gasteiger partial charge in [0, 0.05) is 6.20 Å². The van der Waals surface area contributed by atoms with E-state index in [4.69, 9.17) is 16.3 Å². The first kappa shape index (κ1) is 13.6. The largest absolute Gasteiger partial charge is 0.436 e. The quantitative estimate of drug-likeness (QED) is 0.749. The van der Waals surface area contributed by atoms with E-state index in [0.29, 0.717) is 0 Å². The minimum Gasteiger partial charge on any atom is -0.436 e. The molecule has 0 aliphatic carbocycles. The van der Waals surface area contributed by atoms with Crippen molar-refractivity contribution in [2.24, 2.45) is 0 Å². The minimum absolute atomic E-state index is 0.0638. The van der Waals surface area contributed by atoms with Crippen LogP contribution in [0.4, 0.5) is 17.6 Å². The molecule has 0 saturated carbocycles. The average molecular weight is 292 g/mol. The molecule has 1 aromatic heterocycles. The molecule has 0 N–H and O–H groups in total. The van der Waals surface area contributed by atoms with Crippen molar-refractivity contribution < 1.29 is 22.3 Å². The maximum atomic E-state index is 13.4. The normalized spacial score (nSPS) is 11.4. The second-order valence-electron chi connectivity index (χ2n) is 3.57. The first-order valence-electron chi connectivity index (χ1n) is 5.02. The smallest absolute Gasteiger partial charge is 0.416 e. The van der Waals surface area contributed by atoms with E-state index in [9.17, 15) is 17.6 Å². The predicted molar refractivity (Wildman–Crippen MR) is 60.7 cm³/mol. The second-order valence-corrected chi connectivity index (χ2v) is 4.00. The van der Waals surface area contributed by atoms with Crippen LogP contribution in [-0.2, 0) is 6.18 Å². The number of rotatable bonds is 2. The molecule has 2 nitrogen and oxygen atoms in total. The predicted octanol–water partition coefficient (Wildman–Crippen LogP) is 4.69. The molecule has 0 bridgehead atoms. The molecule has 0 radical (unpaired) electrons. The van der Waals surface area contributed by atoms with E-state index in [2.05, 4.69) is 4.98 Å². The molecular weight excluding hydrogens is 286 g/mol. The van der Waals surface area contributed by atoms with Gasteiger partial charge in [-0.25, -0.2) is 9.37 Å². The van der Waals surface area contributed by atoms with Gasteiger partial charge in [0.15, 0.2) is 5.82 Å². The molecule has 1 heterocycles.